The van der Waals surface area contributed by atoms with Gasteiger partial charge >= 0.3 is 5.97 Å². The number of rotatable bonds is 4. The fourth-order valence-corrected chi connectivity index (χ4v) is 2.42. The van der Waals surface area contributed by atoms with Crippen molar-refractivity contribution in [3.05, 3.63) is 40.5 Å². The van der Waals surface area contributed by atoms with Gasteiger partial charge in [-0.25, -0.2) is 0 Å². The molecule has 0 fully saturated rings. The Balaban J connectivity index is 2.35. The van der Waals surface area contributed by atoms with Crippen LogP contribution in [0.25, 0.3) is 10.9 Å². The van der Waals surface area contributed by atoms with Crippen LogP contribution >= 0.6 is 15.9 Å². The van der Waals surface area contributed by atoms with Crippen molar-refractivity contribution >= 4 is 32.8 Å². The van der Waals surface area contributed by atoms with Gasteiger partial charge in [0.2, 0.25) is 0 Å². The normalized spacial score (nSPS) is 12.4. The van der Waals surface area contributed by atoms with Crippen LogP contribution in [0.5, 0.6) is 0 Å². The Morgan fingerprint density at radius 3 is 3.00 bits per heavy atom. The summed E-state index contributed by atoms with van der Waals surface area (Å²) in [5.41, 5.74) is 7.75. The number of benzene rings is 1. The zero-order valence-corrected chi connectivity index (χ0v) is 12.2. The maximum absolute atomic E-state index is 11.5. The SMILES string of the molecule is CCOC(=O)CC(N)c1ccc(Br)c2cccnc12. The van der Waals surface area contributed by atoms with Crippen molar-refractivity contribution in [3.8, 4) is 0 Å². The first-order valence-electron chi connectivity index (χ1n) is 6.07. The maximum atomic E-state index is 11.5. The minimum absolute atomic E-state index is 0.154. The smallest absolute Gasteiger partial charge is 0.307 e. The highest BCUT2D eigenvalue weighted by Crippen LogP contribution is 2.29. The van der Waals surface area contributed by atoms with Gasteiger partial charge in [-0.1, -0.05) is 28.1 Å². The monoisotopic (exact) mass is 322 g/mol. The molecule has 2 N–H and O–H groups in total. The number of hydrogen-bond donors (Lipinski definition) is 1. The largest absolute Gasteiger partial charge is 0.466 e. The molecule has 0 radical (unpaired) electrons. The fourth-order valence-electron chi connectivity index (χ4n) is 1.97. The zero-order chi connectivity index (χ0) is 13.8. The van der Waals surface area contributed by atoms with E-state index in [4.69, 9.17) is 10.5 Å². The third kappa shape index (κ3) is 3.11. The summed E-state index contributed by atoms with van der Waals surface area (Å²) in [5.74, 6) is -0.290. The van der Waals surface area contributed by atoms with E-state index in [1.807, 2.05) is 24.3 Å². The Morgan fingerprint density at radius 1 is 1.47 bits per heavy atom. The molecule has 1 aromatic heterocycles. The standard InChI is InChI=1S/C14H15BrN2O2/c1-2-19-13(18)8-12(16)10-5-6-11(15)9-4-3-7-17-14(9)10/h3-7,12H,2,8,16H2,1H3. The lowest BCUT2D eigenvalue weighted by Gasteiger charge is -2.14. The second-order valence-corrected chi connectivity index (χ2v) is 5.01. The van der Waals surface area contributed by atoms with Crippen molar-refractivity contribution < 1.29 is 9.53 Å². The van der Waals surface area contributed by atoms with Crippen LogP contribution in [-0.4, -0.2) is 17.6 Å². The van der Waals surface area contributed by atoms with E-state index in [0.29, 0.717) is 6.61 Å². The quantitative estimate of drug-likeness (QED) is 0.879. The molecule has 2 aromatic rings. The van der Waals surface area contributed by atoms with E-state index in [0.717, 1.165) is 20.9 Å². The van der Waals surface area contributed by atoms with Gasteiger partial charge < -0.3 is 10.5 Å². The molecule has 0 aliphatic carbocycles. The highest BCUT2D eigenvalue weighted by atomic mass is 79.9. The zero-order valence-electron chi connectivity index (χ0n) is 10.6. The van der Waals surface area contributed by atoms with Gasteiger partial charge in [0.25, 0.3) is 0 Å². The topological polar surface area (TPSA) is 65.2 Å². The maximum Gasteiger partial charge on any atom is 0.307 e. The van der Waals surface area contributed by atoms with Gasteiger partial charge in [0.1, 0.15) is 0 Å². The minimum atomic E-state index is -0.412. The lowest BCUT2D eigenvalue weighted by molar-refractivity contribution is -0.143. The molecule has 0 spiro atoms. The van der Waals surface area contributed by atoms with E-state index in [-0.39, 0.29) is 12.4 Å². The summed E-state index contributed by atoms with van der Waals surface area (Å²) in [5, 5.41) is 0.985. The van der Waals surface area contributed by atoms with Crippen molar-refractivity contribution in [2.75, 3.05) is 6.61 Å². The molecule has 2 rings (SSSR count). The van der Waals surface area contributed by atoms with E-state index in [1.165, 1.54) is 0 Å². The Hall–Kier alpha value is -1.46. The lowest BCUT2D eigenvalue weighted by atomic mass is 10.0. The number of nitrogens with two attached hydrogens (primary N) is 1. The molecule has 1 atom stereocenters. The van der Waals surface area contributed by atoms with Crippen LogP contribution in [0.1, 0.15) is 24.9 Å². The van der Waals surface area contributed by atoms with Crippen LogP contribution in [0.2, 0.25) is 0 Å². The number of esters is 1. The molecule has 0 bridgehead atoms. The first kappa shape index (κ1) is 14.0. The predicted molar refractivity (Wildman–Crippen MR) is 77.6 cm³/mol. The molecular weight excluding hydrogens is 308 g/mol. The molecule has 5 heteroatoms. The molecule has 0 aliphatic rings. The molecule has 0 saturated carbocycles. The molecule has 0 saturated heterocycles. The summed E-state index contributed by atoms with van der Waals surface area (Å²) in [6, 6.07) is 7.23. The molecule has 4 nitrogen and oxygen atoms in total. The molecule has 1 aromatic carbocycles. The number of ether oxygens (including phenoxy) is 1. The minimum Gasteiger partial charge on any atom is -0.466 e. The molecule has 100 valence electrons. The van der Waals surface area contributed by atoms with Gasteiger partial charge in [0, 0.05) is 22.1 Å². The average molecular weight is 323 g/mol. The lowest BCUT2D eigenvalue weighted by Crippen LogP contribution is -2.17. The van der Waals surface area contributed by atoms with Gasteiger partial charge in [-0.3, -0.25) is 9.78 Å². The van der Waals surface area contributed by atoms with Crippen molar-refractivity contribution in [1.82, 2.24) is 4.98 Å². The van der Waals surface area contributed by atoms with Crippen LogP contribution in [-0.2, 0) is 9.53 Å². The number of nitrogens with zero attached hydrogens (tertiary/aromatic N) is 1. The van der Waals surface area contributed by atoms with Gasteiger partial charge in [-0.05, 0) is 24.6 Å². The van der Waals surface area contributed by atoms with Gasteiger partial charge in [-0.2, -0.15) is 0 Å². The van der Waals surface area contributed by atoms with Crippen LogP contribution in [0.15, 0.2) is 34.9 Å². The number of halogens is 1. The summed E-state index contributed by atoms with van der Waals surface area (Å²) in [4.78, 5) is 15.9. The molecule has 1 unspecified atom stereocenters. The van der Waals surface area contributed by atoms with Crippen LogP contribution in [0.4, 0.5) is 0 Å². The van der Waals surface area contributed by atoms with Crippen molar-refractivity contribution in [3.63, 3.8) is 0 Å². The van der Waals surface area contributed by atoms with E-state index in [1.54, 1.807) is 13.1 Å². The predicted octanol–water partition coefficient (Wildman–Crippen LogP) is 2.95. The third-order valence-corrected chi connectivity index (χ3v) is 3.53. The second kappa shape index (κ2) is 6.12. The van der Waals surface area contributed by atoms with Crippen LogP contribution < -0.4 is 5.73 Å². The molecule has 1 heterocycles. The van der Waals surface area contributed by atoms with E-state index < -0.39 is 6.04 Å². The number of fused-ring (bicyclic) bond motifs is 1. The summed E-state index contributed by atoms with van der Waals surface area (Å²) in [6.07, 6.45) is 1.87. The summed E-state index contributed by atoms with van der Waals surface area (Å²) >= 11 is 3.48. The summed E-state index contributed by atoms with van der Waals surface area (Å²) in [6.45, 7) is 2.14. The Kier molecular flexibility index (Phi) is 4.50. The van der Waals surface area contributed by atoms with Crippen molar-refractivity contribution in [2.45, 2.75) is 19.4 Å². The highest BCUT2D eigenvalue weighted by molar-refractivity contribution is 9.10. The van der Waals surface area contributed by atoms with Crippen molar-refractivity contribution in [1.29, 1.82) is 0 Å². The van der Waals surface area contributed by atoms with Crippen LogP contribution in [0, 0.1) is 0 Å². The van der Waals surface area contributed by atoms with Gasteiger partial charge in [0.15, 0.2) is 0 Å². The second-order valence-electron chi connectivity index (χ2n) is 4.15. The number of pyridine rings is 1. The van der Waals surface area contributed by atoms with Gasteiger partial charge in [0.05, 0.1) is 18.5 Å². The van der Waals surface area contributed by atoms with E-state index in [9.17, 15) is 4.79 Å². The number of carbonyl (C=O) groups is 1. The Bertz CT molecular complexity index is 601. The number of carbonyl (C=O) groups excluding carboxylic acids is 1. The number of aromatic nitrogens is 1. The summed E-state index contributed by atoms with van der Waals surface area (Å²) < 4.78 is 5.88. The molecule has 19 heavy (non-hydrogen) atoms. The Morgan fingerprint density at radius 2 is 2.26 bits per heavy atom. The first-order chi connectivity index (χ1) is 9.13. The Labute approximate surface area is 120 Å². The third-order valence-electron chi connectivity index (χ3n) is 2.84. The highest BCUT2D eigenvalue weighted by Gasteiger charge is 2.16. The molecule has 0 amide bonds. The average Bonchev–Trinajstić information content (AvgIpc) is 2.39. The van der Waals surface area contributed by atoms with Gasteiger partial charge in [-0.15, -0.1) is 0 Å². The molecule has 0 aliphatic heterocycles. The van der Waals surface area contributed by atoms with Crippen molar-refractivity contribution in [2.24, 2.45) is 5.73 Å². The fraction of sp³-hybridized carbons (Fsp3) is 0.286. The first-order valence-corrected chi connectivity index (χ1v) is 6.87. The summed E-state index contributed by atoms with van der Waals surface area (Å²) in [7, 11) is 0. The van der Waals surface area contributed by atoms with E-state index in [2.05, 4.69) is 20.9 Å². The van der Waals surface area contributed by atoms with E-state index >= 15 is 0 Å². The molecular formula is C14H15BrN2O2. The number of hydrogen-bond acceptors (Lipinski definition) is 4. The van der Waals surface area contributed by atoms with Crippen LogP contribution in [0.3, 0.4) is 0 Å².